The second kappa shape index (κ2) is 4.94. The zero-order chi connectivity index (χ0) is 13.3. The van der Waals surface area contributed by atoms with Gasteiger partial charge < -0.3 is 15.7 Å². The number of pyridine rings is 1. The van der Waals surface area contributed by atoms with Crippen molar-refractivity contribution in [3.63, 3.8) is 0 Å². The van der Waals surface area contributed by atoms with Crippen molar-refractivity contribution in [2.45, 2.75) is 26.4 Å². The summed E-state index contributed by atoms with van der Waals surface area (Å²) in [4.78, 5) is 6.63. The number of nitrogens with zero attached hydrogens (tertiary/aromatic N) is 2. The third kappa shape index (κ3) is 2.61. The molecule has 5 nitrogen and oxygen atoms in total. The van der Waals surface area contributed by atoms with Crippen LogP contribution in [0.1, 0.15) is 24.6 Å². The molecule has 98 valence electrons. The van der Waals surface area contributed by atoms with Gasteiger partial charge in [0.1, 0.15) is 11.7 Å². The molecule has 2 atom stereocenters. The Bertz CT molecular complexity index is 458. The van der Waals surface area contributed by atoms with E-state index in [9.17, 15) is 5.11 Å². The van der Waals surface area contributed by atoms with E-state index in [-0.39, 0.29) is 11.9 Å². The molecule has 0 spiro atoms. The lowest BCUT2D eigenvalue weighted by atomic mass is 10.0. The van der Waals surface area contributed by atoms with E-state index in [4.69, 9.17) is 11.1 Å². The monoisotopic (exact) mass is 248 g/mol. The number of nitrogen functional groups attached to an aromatic ring is 1. The van der Waals surface area contributed by atoms with E-state index in [0.717, 1.165) is 31.0 Å². The average Bonchev–Trinajstić information content (AvgIpc) is 2.77. The van der Waals surface area contributed by atoms with Gasteiger partial charge in [0.25, 0.3) is 0 Å². The number of amidine groups is 1. The van der Waals surface area contributed by atoms with Crippen LogP contribution in [-0.2, 0) is 0 Å². The maximum Gasteiger partial charge on any atom is 0.129 e. The van der Waals surface area contributed by atoms with Crippen LogP contribution in [0.3, 0.4) is 0 Å². The summed E-state index contributed by atoms with van der Waals surface area (Å²) >= 11 is 0. The second-order valence-electron chi connectivity index (χ2n) is 5.00. The van der Waals surface area contributed by atoms with Gasteiger partial charge in [-0.2, -0.15) is 0 Å². The average molecular weight is 248 g/mol. The Balaban J connectivity index is 2.21. The van der Waals surface area contributed by atoms with Crippen molar-refractivity contribution in [2.24, 2.45) is 11.7 Å². The van der Waals surface area contributed by atoms with E-state index in [1.54, 1.807) is 0 Å². The summed E-state index contributed by atoms with van der Waals surface area (Å²) in [7, 11) is 0. The summed E-state index contributed by atoms with van der Waals surface area (Å²) in [5.74, 6) is 1.21. The summed E-state index contributed by atoms with van der Waals surface area (Å²) in [6.45, 7) is 5.44. The number of nitrogens with one attached hydrogen (secondary N) is 1. The number of aryl methyl sites for hydroxylation is 1. The van der Waals surface area contributed by atoms with Gasteiger partial charge in [0.05, 0.1) is 6.10 Å². The second-order valence-corrected chi connectivity index (χ2v) is 5.00. The Labute approximate surface area is 107 Å². The number of nitrogens with two attached hydrogens (primary N) is 1. The number of rotatable bonds is 3. The molecule has 1 aliphatic heterocycles. The van der Waals surface area contributed by atoms with Gasteiger partial charge in [0.2, 0.25) is 0 Å². The maximum atomic E-state index is 9.61. The molecule has 0 bridgehead atoms. The van der Waals surface area contributed by atoms with Crippen molar-refractivity contribution in [3.8, 4) is 0 Å². The van der Waals surface area contributed by atoms with Crippen LogP contribution in [0.4, 0.5) is 5.82 Å². The third-order valence-corrected chi connectivity index (χ3v) is 3.48. The highest BCUT2D eigenvalue weighted by Crippen LogP contribution is 2.25. The number of hydrogen-bond donors (Lipinski definition) is 3. The number of anilines is 1. The van der Waals surface area contributed by atoms with Crippen LogP contribution >= 0.6 is 0 Å². The first-order valence-electron chi connectivity index (χ1n) is 6.23. The van der Waals surface area contributed by atoms with Gasteiger partial charge in [-0.05, 0) is 32.4 Å². The lowest BCUT2D eigenvalue weighted by Gasteiger charge is -2.19. The molecule has 4 N–H and O–H groups in total. The molecule has 1 saturated heterocycles. The zero-order valence-electron chi connectivity index (χ0n) is 10.8. The molecule has 1 aromatic rings. The molecule has 0 aromatic carbocycles. The highest BCUT2D eigenvalue weighted by atomic mass is 16.3. The maximum absolute atomic E-state index is 9.61. The Kier molecular flexibility index (Phi) is 3.52. The summed E-state index contributed by atoms with van der Waals surface area (Å²) < 4.78 is 0. The molecule has 0 aliphatic carbocycles. The molecular formula is C13H20N4O. The van der Waals surface area contributed by atoms with E-state index >= 15 is 0 Å². The molecule has 5 heteroatoms. The SMILES string of the molecule is Cc1cc(C(=N)N)cc(N2CCC(C(C)O)C2)n1. The molecule has 1 fully saturated rings. The molecule has 1 aliphatic rings. The van der Waals surface area contributed by atoms with Gasteiger partial charge in [-0.15, -0.1) is 0 Å². The lowest BCUT2D eigenvalue weighted by molar-refractivity contribution is 0.136. The normalized spacial score (nSPS) is 21.1. The first-order chi connectivity index (χ1) is 8.47. The third-order valence-electron chi connectivity index (χ3n) is 3.48. The predicted octanol–water partition coefficient (Wildman–Crippen LogP) is 0.881. The summed E-state index contributed by atoms with van der Waals surface area (Å²) in [6, 6.07) is 3.66. The Morgan fingerprint density at radius 3 is 2.89 bits per heavy atom. The zero-order valence-corrected chi connectivity index (χ0v) is 10.8. The predicted molar refractivity (Wildman–Crippen MR) is 72.0 cm³/mol. The molecule has 18 heavy (non-hydrogen) atoms. The molecule has 0 radical (unpaired) electrons. The highest BCUT2D eigenvalue weighted by molar-refractivity contribution is 5.95. The minimum Gasteiger partial charge on any atom is -0.393 e. The molecule has 2 heterocycles. The molecular weight excluding hydrogens is 228 g/mol. The summed E-state index contributed by atoms with van der Waals surface area (Å²) in [6.07, 6.45) is 0.690. The Morgan fingerprint density at radius 1 is 1.61 bits per heavy atom. The number of hydrogen-bond acceptors (Lipinski definition) is 4. The van der Waals surface area contributed by atoms with Gasteiger partial charge in [0, 0.05) is 30.3 Å². The van der Waals surface area contributed by atoms with E-state index in [1.165, 1.54) is 0 Å². The van der Waals surface area contributed by atoms with Gasteiger partial charge in [0.15, 0.2) is 0 Å². The van der Waals surface area contributed by atoms with Crippen molar-refractivity contribution < 1.29 is 5.11 Å². The van der Waals surface area contributed by atoms with Gasteiger partial charge in [-0.1, -0.05) is 0 Å². The van der Waals surface area contributed by atoms with Crippen molar-refractivity contribution in [1.29, 1.82) is 5.41 Å². The van der Waals surface area contributed by atoms with Crippen LogP contribution in [-0.4, -0.2) is 35.1 Å². The van der Waals surface area contributed by atoms with Gasteiger partial charge >= 0.3 is 0 Å². The lowest BCUT2D eigenvalue weighted by Crippen LogP contribution is -2.25. The van der Waals surface area contributed by atoms with E-state index in [2.05, 4.69) is 9.88 Å². The van der Waals surface area contributed by atoms with Crippen molar-refractivity contribution >= 4 is 11.7 Å². The van der Waals surface area contributed by atoms with Crippen LogP contribution in [0.15, 0.2) is 12.1 Å². The van der Waals surface area contributed by atoms with E-state index < -0.39 is 0 Å². The van der Waals surface area contributed by atoms with Crippen molar-refractivity contribution in [1.82, 2.24) is 4.98 Å². The largest absolute Gasteiger partial charge is 0.393 e. The smallest absolute Gasteiger partial charge is 0.129 e. The highest BCUT2D eigenvalue weighted by Gasteiger charge is 2.27. The minimum absolute atomic E-state index is 0.0630. The van der Waals surface area contributed by atoms with Gasteiger partial charge in [-0.3, -0.25) is 5.41 Å². The van der Waals surface area contributed by atoms with Crippen LogP contribution in [0, 0.1) is 18.3 Å². The topological polar surface area (TPSA) is 86.2 Å². The minimum atomic E-state index is -0.285. The quantitative estimate of drug-likeness (QED) is 0.547. The van der Waals surface area contributed by atoms with E-state index in [1.807, 2.05) is 26.0 Å². The number of aliphatic hydroxyl groups excluding tert-OH is 1. The Morgan fingerprint density at radius 2 is 2.33 bits per heavy atom. The summed E-state index contributed by atoms with van der Waals surface area (Å²) in [5, 5.41) is 17.1. The van der Waals surface area contributed by atoms with Crippen LogP contribution in [0.25, 0.3) is 0 Å². The molecule has 2 unspecified atom stereocenters. The van der Waals surface area contributed by atoms with Crippen LogP contribution in [0.5, 0.6) is 0 Å². The van der Waals surface area contributed by atoms with E-state index in [0.29, 0.717) is 11.5 Å². The van der Waals surface area contributed by atoms with Crippen LogP contribution in [0.2, 0.25) is 0 Å². The fraction of sp³-hybridized carbons (Fsp3) is 0.538. The van der Waals surface area contributed by atoms with Crippen molar-refractivity contribution in [3.05, 3.63) is 23.4 Å². The fourth-order valence-corrected chi connectivity index (χ4v) is 2.36. The molecule has 1 aromatic heterocycles. The van der Waals surface area contributed by atoms with Gasteiger partial charge in [-0.25, -0.2) is 4.98 Å². The molecule has 0 amide bonds. The van der Waals surface area contributed by atoms with Crippen LogP contribution < -0.4 is 10.6 Å². The standard InChI is InChI=1S/C13H20N4O/c1-8-5-11(13(14)15)6-12(16-8)17-4-3-10(7-17)9(2)18/h5-6,9-10,18H,3-4,7H2,1-2H3,(H3,14,15). The fourth-order valence-electron chi connectivity index (χ4n) is 2.36. The number of aromatic nitrogens is 1. The Hall–Kier alpha value is -1.62. The molecule has 0 saturated carbocycles. The van der Waals surface area contributed by atoms with Crippen molar-refractivity contribution in [2.75, 3.05) is 18.0 Å². The molecule has 2 rings (SSSR count). The number of aliphatic hydroxyl groups is 1. The first kappa shape index (κ1) is 12.8. The first-order valence-corrected chi connectivity index (χ1v) is 6.23. The summed E-state index contributed by atoms with van der Waals surface area (Å²) in [5.41, 5.74) is 7.09.